The van der Waals surface area contributed by atoms with Gasteiger partial charge in [-0.2, -0.15) is 4.31 Å². The molecule has 1 heterocycles. The fourth-order valence-electron chi connectivity index (χ4n) is 2.29. The minimum absolute atomic E-state index is 0.0285. The predicted octanol–water partition coefficient (Wildman–Crippen LogP) is 1.85. The van der Waals surface area contributed by atoms with Crippen molar-refractivity contribution in [1.29, 1.82) is 0 Å². The number of hydrogen-bond acceptors (Lipinski definition) is 3. The number of nitrogens with zero attached hydrogens (tertiary/aromatic N) is 1. The van der Waals surface area contributed by atoms with Crippen LogP contribution in [0.4, 0.5) is 4.39 Å². The van der Waals surface area contributed by atoms with E-state index in [0.717, 1.165) is 12.1 Å². The summed E-state index contributed by atoms with van der Waals surface area (Å²) in [6.07, 6.45) is 0. The van der Waals surface area contributed by atoms with Crippen molar-refractivity contribution in [2.24, 2.45) is 0 Å². The normalized spacial score (nSPS) is 25.5. The Balaban J connectivity index is 2.39. The Kier molecular flexibility index (Phi) is 4.15. The number of rotatable bonds is 2. The maximum Gasteiger partial charge on any atom is 0.246 e. The van der Waals surface area contributed by atoms with Crippen molar-refractivity contribution in [2.45, 2.75) is 30.8 Å². The number of nitrogens with one attached hydrogen (secondary N) is 1. The van der Waals surface area contributed by atoms with Crippen LogP contribution in [0.25, 0.3) is 0 Å². The molecule has 0 amide bonds. The first-order chi connectivity index (χ1) is 8.80. The number of benzene rings is 1. The van der Waals surface area contributed by atoms with Gasteiger partial charge in [0.1, 0.15) is 10.7 Å². The van der Waals surface area contributed by atoms with Crippen LogP contribution in [0.2, 0.25) is 5.02 Å². The van der Waals surface area contributed by atoms with Gasteiger partial charge in [0.25, 0.3) is 0 Å². The van der Waals surface area contributed by atoms with Crippen LogP contribution in [0.5, 0.6) is 0 Å². The molecular formula is C12H16ClFN2O2S. The van der Waals surface area contributed by atoms with E-state index < -0.39 is 15.8 Å². The van der Waals surface area contributed by atoms with Crippen LogP contribution in [0, 0.1) is 5.82 Å². The van der Waals surface area contributed by atoms with Crippen molar-refractivity contribution < 1.29 is 12.8 Å². The first kappa shape index (κ1) is 14.7. The van der Waals surface area contributed by atoms with Crippen molar-refractivity contribution in [3.05, 3.63) is 29.0 Å². The summed E-state index contributed by atoms with van der Waals surface area (Å²) in [6, 6.07) is 3.62. The molecule has 7 heteroatoms. The van der Waals surface area contributed by atoms with Crippen LogP contribution in [0.3, 0.4) is 0 Å². The van der Waals surface area contributed by atoms with Crippen LogP contribution < -0.4 is 5.32 Å². The molecule has 19 heavy (non-hydrogen) atoms. The van der Waals surface area contributed by atoms with Gasteiger partial charge in [-0.05, 0) is 32.0 Å². The van der Waals surface area contributed by atoms with Gasteiger partial charge in [0.2, 0.25) is 10.0 Å². The van der Waals surface area contributed by atoms with E-state index in [9.17, 15) is 12.8 Å². The zero-order chi connectivity index (χ0) is 14.2. The first-order valence-corrected chi connectivity index (χ1v) is 7.84. The second-order valence-corrected chi connectivity index (χ2v) is 7.21. The molecule has 2 unspecified atom stereocenters. The number of halogens is 2. The van der Waals surface area contributed by atoms with Crippen molar-refractivity contribution >= 4 is 21.6 Å². The highest BCUT2D eigenvalue weighted by Crippen LogP contribution is 2.24. The minimum atomic E-state index is -3.85. The number of sulfonamides is 1. The smallest absolute Gasteiger partial charge is 0.246 e. The third-order valence-corrected chi connectivity index (χ3v) is 5.12. The Morgan fingerprint density at radius 2 is 1.89 bits per heavy atom. The minimum Gasteiger partial charge on any atom is -0.309 e. The van der Waals surface area contributed by atoms with Gasteiger partial charge >= 0.3 is 0 Å². The first-order valence-electron chi connectivity index (χ1n) is 6.02. The molecule has 1 aromatic carbocycles. The highest BCUT2D eigenvalue weighted by molar-refractivity contribution is 7.89. The molecule has 1 saturated heterocycles. The zero-order valence-corrected chi connectivity index (χ0v) is 12.3. The van der Waals surface area contributed by atoms with Crippen LogP contribution in [-0.4, -0.2) is 37.9 Å². The average molecular weight is 307 g/mol. The van der Waals surface area contributed by atoms with E-state index >= 15 is 0 Å². The molecule has 0 aromatic heterocycles. The molecule has 0 radical (unpaired) electrons. The number of hydrogen-bond donors (Lipinski definition) is 1. The van der Waals surface area contributed by atoms with Gasteiger partial charge < -0.3 is 5.32 Å². The molecule has 1 fully saturated rings. The molecule has 2 atom stereocenters. The summed E-state index contributed by atoms with van der Waals surface area (Å²) in [5.41, 5.74) is 0. The van der Waals surface area contributed by atoms with E-state index in [2.05, 4.69) is 5.32 Å². The Hall–Kier alpha value is -0.690. The Labute approximate surface area is 117 Å². The summed E-state index contributed by atoms with van der Waals surface area (Å²) in [4.78, 5) is -0.360. The lowest BCUT2D eigenvalue weighted by molar-refractivity contribution is 0.262. The fourth-order valence-corrected chi connectivity index (χ4v) is 4.23. The standard InChI is InChI=1S/C12H16ClFN2O2S/c1-8-6-16(7-9(2)15-8)19(17,18)12-5-10(13)3-4-11(12)14/h3-5,8-9,15H,6-7H2,1-2H3. The van der Waals surface area contributed by atoms with Crippen LogP contribution >= 0.6 is 11.6 Å². The lowest BCUT2D eigenvalue weighted by atomic mass is 10.2. The third-order valence-electron chi connectivity index (χ3n) is 3.04. The van der Waals surface area contributed by atoms with Crippen LogP contribution in [0.1, 0.15) is 13.8 Å². The van der Waals surface area contributed by atoms with Gasteiger partial charge in [-0.15, -0.1) is 0 Å². The summed E-state index contributed by atoms with van der Waals surface area (Å²) >= 11 is 5.76. The summed E-state index contributed by atoms with van der Waals surface area (Å²) < 4.78 is 39.9. The van der Waals surface area contributed by atoms with E-state index in [0.29, 0.717) is 13.1 Å². The fraction of sp³-hybridized carbons (Fsp3) is 0.500. The molecule has 1 aliphatic heterocycles. The topological polar surface area (TPSA) is 49.4 Å². The largest absolute Gasteiger partial charge is 0.309 e. The van der Waals surface area contributed by atoms with Gasteiger partial charge in [-0.1, -0.05) is 11.6 Å². The second kappa shape index (κ2) is 5.36. The van der Waals surface area contributed by atoms with Crippen molar-refractivity contribution in [3.8, 4) is 0 Å². The van der Waals surface area contributed by atoms with Crippen LogP contribution in [-0.2, 0) is 10.0 Å². The SMILES string of the molecule is CC1CN(S(=O)(=O)c2cc(Cl)ccc2F)CC(C)N1. The van der Waals surface area contributed by atoms with E-state index in [1.54, 1.807) is 0 Å². The lowest BCUT2D eigenvalue weighted by Gasteiger charge is -2.35. The van der Waals surface area contributed by atoms with Crippen molar-refractivity contribution in [1.82, 2.24) is 9.62 Å². The summed E-state index contributed by atoms with van der Waals surface area (Å²) in [5.74, 6) is -0.775. The van der Waals surface area contributed by atoms with Crippen molar-refractivity contribution in [3.63, 3.8) is 0 Å². The van der Waals surface area contributed by atoms with Gasteiger partial charge in [0.05, 0.1) is 0 Å². The van der Waals surface area contributed by atoms with Gasteiger partial charge in [-0.25, -0.2) is 12.8 Å². The maximum absolute atomic E-state index is 13.7. The summed E-state index contributed by atoms with van der Waals surface area (Å²) in [6.45, 7) is 4.43. The Morgan fingerprint density at radius 1 is 1.32 bits per heavy atom. The molecule has 0 aliphatic carbocycles. The molecule has 1 N–H and O–H groups in total. The number of piperazine rings is 1. The van der Waals surface area contributed by atoms with Gasteiger partial charge in [0.15, 0.2) is 0 Å². The zero-order valence-electron chi connectivity index (χ0n) is 10.7. The maximum atomic E-state index is 13.7. The molecule has 2 rings (SSSR count). The molecule has 0 spiro atoms. The van der Waals surface area contributed by atoms with E-state index in [4.69, 9.17) is 11.6 Å². The molecule has 1 aromatic rings. The van der Waals surface area contributed by atoms with Gasteiger partial charge in [-0.3, -0.25) is 0 Å². The van der Waals surface area contributed by atoms with E-state index in [-0.39, 0.29) is 22.0 Å². The molecule has 0 bridgehead atoms. The van der Waals surface area contributed by atoms with Crippen molar-refractivity contribution in [2.75, 3.05) is 13.1 Å². The predicted molar refractivity (Wildman–Crippen MR) is 72.2 cm³/mol. The molecular weight excluding hydrogens is 291 g/mol. The molecule has 106 valence electrons. The third kappa shape index (κ3) is 3.08. The Morgan fingerprint density at radius 3 is 2.47 bits per heavy atom. The lowest BCUT2D eigenvalue weighted by Crippen LogP contribution is -2.55. The van der Waals surface area contributed by atoms with E-state index in [1.807, 2.05) is 13.8 Å². The highest BCUT2D eigenvalue weighted by Gasteiger charge is 2.33. The quantitative estimate of drug-likeness (QED) is 0.907. The summed E-state index contributed by atoms with van der Waals surface area (Å²) in [7, 11) is -3.85. The molecule has 4 nitrogen and oxygen atoms in total. The van der Waals surface area contributed by atoms with Crippen LogP contribution in [0.15, 0.2) is 23.1 Å². The monoisotopic (exact) mass is 306 g/mol. The average Bonchev–Trinajstić information content (AvgIpc) is 2.31. The van der Waals surface area contributed by atoms with Gasteiger partial charge in [0, 0.05) is 30.2 Å². The molecule has 1 aliphatic rings. The Bertz CT molecular complexity index is 569. The van der Waals surface area contributed by atoms with E-state index in [1.165, 1.54) is 10.4 Å². The molecule has 0 saturated carbocycles. The second-order valence-electron chi connectivity index (χ2n) is 4.87. The summed E-state index contributed by atoms with van der Waals surface area (Å²) in [5, 5.41) is 3.44. The highest BCUT2D eigenvalue weighted by atomic mass is 35.5.